The van der Waals surface area contributed by atoms with E-state index in [2.05, 4.69) is 49.9 Å². The van der Waals surface area contributed by atoms with E-state index in [1.165, 1.54) is 21.9 Å². The number of aryl methyl sites for hydroxylation is 1. The molecule has 1 heteroatoms. The van der Waals surface area contributed by atoms with Crippen molar-refractivity contribution in [1.29, 1.82) is 0 Å². The first-order valence-electron chi connectivity index (χ1n) is 5.48. The Balaban J connectivity index is 0.000000386. The predicted molar refractivity (Wildman–Crippen MR) is 72.4 cm³/mol. The highest BCUT2D eigenvalue weighted by atomic mass is 14.5. The summed E-state index contributed by atoms with van der Waals surface area (Å²) in [6.45, 7) is 7.98. The van der Waals surface area contributed by atoms with E-state index in [-0.39, 0.29) is 0 Å². The molecule has 1 nitrogen and oxygen atoms in total. The highest BCUT2D eigenvalue weighted by Gasteiger charge is 1.98. The molecule has 0 aliphatic carbocycles. The summed E-state index contributed by atoms with van der Waals surface area (Å²) in [5, 5.41) is 2.56. The van der Waals surface area contributed by atoms with Crippen molar-refractivity contribution in [3.8, 4) is 0 Å². The van der Waals surface area contributed by atoms with Gasteiger partial charge in [-0.2, -0.15) is 0 Å². The van der Waals surface area contributed by atoms with Crippen molar-refractivity contribution in [3.63, 3.8) is 0 Å². The van der Waals surface area contributed by atoms with E-state index in [0.29, 0.717) is 6.54 Å². The Bertz CT molecular complexity index is 472. The minimum atomic E-state index is 0.622. The zero-order valence-corrected chi connectivity index (χ0v) is 10.0. The van der Waals surface area contributed by atoms with Crippen molar-refractivity contribution in [2.45, 2.75) is 20.4 Å². The first-order chi connectivity index (χ1) is 7.72. The molecule has 0 radical (unpaired) electrons. The minimum Gasteiger partial charge on any atom is -0.326 e. The Kier molecular flexibility index (Phi) is 4.74. The zero-order valence-electron chi connectivity index (χ0n) is 10.0. The van der Waals surface area contributed by atoms with Crippen LogP contribution in [0, 0.1) is 6.92 Å². The molecule has 0 atom stereocenters. The van der Waals surface area contributed by atoms with Crippen molar-refractivity contribution in [2.75, 3.05) is 0 Å². The van der Waals surface area contributed by atoms with Crippen LogP contribution >= 0.6 is 0 Å². The molecule has 0 aromatic heterocycles. The summed E-state index contributed by atoms with van der Waals surface area (Å²) in [5.41, 5.74) is 8.16. The highest BCUT2D eigenvalue weighted by molar-refractivity contribution is 5.83. The van der Waals surface area contributed by atoms with Gasteiger partial charge in [0.05, 0.1) is 0 Å². The molecule has 0 saturated carbocycles. The van der Waals surface area contributed by atoms with Crippen LogP contribution in [0.5, 0.6) is 0 Å². The average Bonchev–Trinajstić information content (AvgIpc) is 2.29. The Morgan fingerprint density at radius 2 is 1.69 bits per heavy atom. The van der Waals surface area contributed by atoms with Crippen molar-refractivity contribution >= 4 is 10.8 Å². The molecule has 2 aromatic carbocycles. The molecule has 2 N–H and O–H groups in total. The van der Waals surface area contributed by atoms with Crippen LogP contribution in [0.25, 0.3) is 10.8 Å². The largest absolute Gasteiger partial charge is 0.326 e. The van der Waals surface area contributed by atoms with Gasteiger partial charge in [0, 0.05) is 6.54 Å². The van der Waals surface area contributed by atoms with Crippen molar-refractivity contribution in [1.82, 2.24) is 0 Å². The molecule has 0 saturated heterocycles. The van der Waals surface area contributed by atoms with E-state index in [1.807, 2.05) is 6.92 Å². The Hall–Kier alpha value is -1.60. The minimum absolute atomic E-state index is 0.622. The van der Waals surface area contributed by atoms with Gasteiger partial charge in [-0.1, -0.05) is 36.4 Å². The summed E-state index contributed by atoms with van der Waals surface area (Å²) in [6, 6.07) is 12.7. The topological polar surface area (TPSA) is 26.0 Å². The lowest BCUT2D eigenvalue weighted by molar-refractivity contribution is 1.05. The van der Waals surface area contributed by atoms with E-state index < -0.39 is 0 Å². The number of allylic oxidation sites excluding steroid dienone is 1. The zero-order chi connectivity index (χ0) is 12.0. The maximum absolute atomic E-state index is 5.64. The number of nitrogens with two attached hydrogens (primary N) is 1. The van der Waals surface area contributed by atoms with Crippen molar-refractivity contribution in [3.05, 3.63) is 60.2 Å². The van der Waals surface area contributed by atoms with Gasteiger partial charge < -0.3 is 5.73 Å². The van der Waals surface area contributed by atoms with Gasteiger partial charge in [-0.05, 0) is 41.8 Å². The van der Waals surface area contributed by atoms with Gasteiger partial charge >= 0.3 is 0 Å². The van der Waals surface area contributed by atoms with Gasteiger partial charge in [0.1, 0.15) is 0 Å². The smallest absolute Gasteiger partial charge is 0.0180 e. The molecule has 0 spiro atoms. The molecule has 2 rings (SSSR count). The van der Waals surface area contributed by atoms with E-state index in [1.54, 1.807) is 6.08 Å². The van der Waals surface area contributed by atoms with Crippen LogP contribution in [-0.2, 0) is 6.54 Å². The Morgan fingerprint density at radius 1 is 1.19 bits per heavy atom. The molecule has 16 heavy (non-hydrogen) atoms. The fraction of sp³-hybridized carbons (Fsp3) is 0.200. The summed E-state index contributed by atoms with van der Waals surface area (Å²) in [7, 11) is 0. The van der Waals surface area contributed by atoms with Gasteiger partial charge in [-0.15, -0.1) is 6.58 Å². The summed E-state index contributed by atoms with van der Waals surface area (Å²) in [4.78, 5) is 0. The lowest BCUT2D eigenvalue weighted by Crippen LogP contribution is -1.98. The van der Waals surface area contributed by atoms with Gasteiger partial charge in [-0.25, -0.2) is 0 Å². The van der Waals surface area contributed by atoms with Gasteiger partial charge in [0.15, 0.2) is 0 Å². The maximum atomic E-state index is 5.64. The van der Waals surface area contributed by atoms with Gasteiger partial charge in [0.2, 0.25) is 0 Å². The predicted octanol–water partition coefficient (Wildman–Crippen LogP) is 3.80. The second-order valence-electron chi connectivity index (χ2n) is 3.74. The Labute approximate surface area is 97.6 Å². The fourth-order valence-corrected chi connectivity index (χ4v) is 1.62. The van der Waals surface area contributed by atoms with Crippen LogP contribution in [0.1, 0.15) is 18.1 Å². The second-order valence-corrected chi connectivity index (χ2v) is 3.74. The van der Waals surface area contributed by atoms with Crippen LogP contribution in [0.2, 0.25) is 0 Å². The van der Waals surface area contributed by atoms with Crippen molar-refractivity contribution in [2.24, 2.45) is 5.73 Å². The molecule has 84 valence electrons. The van der Waals surface area contributed by atoms with Gasteiger partial charge in [-0.3, -0.25) is 0 Å². The normalized spacial score (nSPS) is 9.44. The molecule has 2 aromatic rings. The SMILES string of the molecule is C=CC.Cc1cc2ccccc2cc1CN. The molecule has 0 aliphatic rings. The summed E-state index contributed by atoms with van der Waals surface area (Å²) in [5.74, 6) is 0. The van der Waals surface area contributed by atoms with E-state index >= 15 is 0 Å². The standard InChI is InChI=1S/C12H13N.C3H6/c1-9-6-10-4-2-3-5-11(10)7-12(9)8-13;1-3-2/h2-7H,8,13H2,1H3;3H,1H2,2H3. The summed E-state index contributed by atoms with van der Waals surface area (Å²) in [6.07, 6.45) is 1.75. The number of rotatable bonds is 1. The lowest BCUT2D eigenvalue weighted by atomic mass is 10.0. The van der Waals surface area contributed by atoms with E-state index in [4.69, 9.17) is 5.73 Å². The maximum Gasteiger partial charge on any atom is 0.0180 e. The van der Waals surface area contributed by atoms with Crippen LogP contribution in [0.4, 0.5) is 0 Å². The summed E-state index contributed by atoms with van der Waals surface area (Å²) >= 11 is 0. The molecular weight excluding hydrogens is 194 g/mol. The number of hydrogen-bond donors (Lipinski definition) is 1. The molecule has 0 aliphatic heterocycles. The molecule has 0 bridgehead atoms. The third kappa shape index (κ3) is 2.94. The molecule has 0 heterocycles. The highest BCUT2D eigenvalue weighted by Crippen LogP contribution is 2.18. The number of benzene rings is 2. The monoisotopic (exact) mass is 213 g/mol. The third-order valence-electron chi connectivity index (χ3n) is 2.42. The molecular formula is C15H19N. The van der Waals surface area contributed by atoms with Crippen LogP contribution in [-0.4, -0.2) is 0 Å². The molecule has 0 fully saturated rings. The number of hydrogen-bond acceptors (Lipinski definition) is 1. The molecule has 0 amide bonds. The first-order valence-corrected chi connectivity index (χ1v) is 5.48. The van der Waals surface area contributed by atoms with E-state index in [9.17, 15) is 0 Å². The van der Waals surface area contributed by atoms with E-state index in [0.717, 1.165) is 0 Å². The second kappa shape index (κ2) is 6.09. The Morgan fingerprint density at radius 3 is 2.19 bits per heavy atom. The third-order valence-corrected chi connectivity index (χ3v) is 2.42. The van der Waals surface area contributed by atoms with Crippen LogP contribution < -0.4 is 5.73 Å². The van der Waals surface area contributed by atoms with Crippen LogP contribution in [0.3, 0.4) is 0 Å². The summed E-state index contributed by atoms with van der Waals surface area (Å²) < 4.78 is 0. The quantitative estimate of drug-likeness (QED) is 0.716. The lowest BCUT2D eigenvalue weighted by Gasteiger charge is -2.05. The first kappa shape index (κ1) is 12.5. The van der Waals surface area contributed by atoms with Gasteiger partial charge in [0.25, 0.3) is 0 Å². The van der Waals surface area contributed by atoms with Crippen molar-refractivity contribution < 1.29 is 0 Å². The average molecular weight is 213 g/mol. The van der Waals surface area contributed by atoms with Crippen LogP contribution in [0.15, 0.2) is 49.1 Å². The number of fused-ring (bicyclic) bond motifs is 1. The molecule has 0 unspecified atom stereocenters. The fourth-order valence-electron chi connectivity index (χ4n) is 1.62.